The standard InChI is InChI=1S/C20H13BClNOS/c1-11-2-4-14-16-10-12-9-13(21)3-5-15(12)23(16)20(24-17(14)8-11)18-6-7-19(22)25-18/h2-10,20H,1H3. The van der Waals surface area contributed by atoms with Crippen LogP contribution in [0.4, 0.5) is 0 Å². The van der Waals surface area contributed by atoms with Gasteiger partial charge < -0.3 is 4.74 Å². The first kappa shape index (κ1) is 15.1. The van der Waals surface area contributed by atoms with Gasteiger partial charge in [0.15, 0.2) is 0 Å². The van der Waals surface area contributed by atoms with E-state index in [0.29, 0.717) is 0 Å². The third kappa shape index (κ3) is 2.32. The van der Waals surface area contributed by atoms with Gasteiger partial charge in [-0.3, -0.25) is 4.57 Å². The number of nitrogens with zero attached hydrogens (tertiary/aromatic N) is 1. The second-order valence-electron chi connectivity index (χ2n) is 6.33. The molecule has 0 spiro atoms. The Hall–Kier alpha value is -2.17. The second-order valence-corrected chi connectivity index (χ2v) is 8.08. The molecule has 0 fully saturated rings. The molecule has 1 unspecified atom stereocenters. The molecule has 2 nitrogen and oxygen atoms in total. The number of thiophene rings is 1. The van der Waals surface area contributed by atoms with Crippen LogP contribution < -0.4 is 10.2 Å². The quantitative estimate of drug-likeness (QED) is 0.432. The van der Waals surface area contributed by atoms with Crippen LogP contribution in [0.25, 0.3) is 22.2 Å². The Morgan fingerprint density at radius 1 is 1.08 bits per heavy atom. The highest BCUT2D eigenvalue weighted by Gasteiger charge is 2.29. The highest BCUT2D eigenvalue weighted by Crippen LogP contribution is 2.45. The molecule has 4 aromatic rings. The van der Waals surface area contributed by atoms with Crippen LogP contribution in [0.2, 0.25) is 4.34 Å². The van der Waals surface area contributed by atoms with Gasteiger partial charge in [-0.05, 0) is 54.3 Å². The van der Waals surface area contributed by atoms with E-state index in [2.05, 4.69) is 41.8 Å². The van der Waals surface area contributed by atoms with Crippen LogP contribution in [-0.2, 0) is 0 Å². The second kappa shape index (κ2) is 5.42. The number of hydrogen-bond acceptors (Lipinski definition) is 2. The van der Waals surface area contributed by atoms with Crippen LogP contribution in [0, 0.1) is 6.92 Å². The third-order valence-electron chi connectivity index (χ3n) is 4.59. The molecule has 0 aliphatic carbocycles. The summed E-state index contributed by atoms with van der Waals surface area (Å²) in [5, 5.41) is 1.11. The molecule has 0 saturated heterocycles. The Morgan fingerprint density at radius 2 is 1.96 bits per heavy atom. The highest BCUT2D eigenvalue weighted by atomic mass is 35.5. The molecule has 3 heterocycles. The Balaban J connectivity index is 1.83. The molecule has 1 aliphatic heterocycles. The molecule has 2 aromatic heterocycles. The van der Waals surface area contributed by atoms with Gasteiger partial charge in [-0.15, -0.1) is 11.3 Å². The number of rotatable bonds is 1. The minimum Gasteiger partial charge on any atom is -0.464 e. The number of hydrogen-bond donors (Lipinski definition) is 0. The lowest BCUT2D eigenvalue weighted by atomic mass is 9.95. The number of aryl methyl sites for hydroxylation is 1. The lowest BCUT2D eigenvalue weighted by Gasteiger charge is -2.29. The maximum absolute atomic E-state index is 6.42. The summed E-state index contributed by atoms with van der Waals surface area (Å²) in [6.07, 6.45) is -0.233. The normalized spacial score (nSPS) is 15.7. The first-order valence-electron chi connectivity index (χ1n) is 8.03. The zero-order valence-corrected chi connectivity index (χ0v) is 15.1. The van der Waals surface area contributed by atoms with Gasteiger partial charge in [-0.2, -0.15) is 0 Å². The maximum atomic E-state index is 6.42. The van der Waals surface area contributed by atoms with Crippen LogP contribution in [0.1, 0.15) is 16.7 Å². The summed E-state index contributed by atoms with van der Waals surface area (Å²) in [4.78, 5) is 1.08. The third-order valence-corrected chi connectivity index (χ3v) is 5.85. The summed E-state index contributed by atoms with van der Waals surface area (Å²) in [5.41, 5.74) is 5.27. The zero-order chi connectivity index (χ0) is 17.1. The van der Waals surface area contributed by atoms with Crippen LogP contribution in [-0.4, -0.2) is 12.4 Å². The van der Waals surface area contributed by atoms with E-state index in [1.165, 1.54) is 5.56 Å². The van der Waals surface area contributed by atoms with E-state index < -0.39 is 0 Å². The van der Waals surface area contributed by atoms with Crippen molar-refractivity contribution < 1.29 is 4.74 Å². The van der Waals surface area contributed by atoms with E-state index in [-0.39, 0.29) is 6.23 Å². The maximum Gasteiger partial charge on any atom is 0.212 e. The fraction of sp³-hybridized carbons (Fsp3) is 0.100. The summed E-state index contributed by atoms with van der Waals surface area (Å²) in [5.74, 6) is 0.901. The Bertz CT molecular complexity index is 1130. The van der Waals surface area contributed by atoms with Crippen molar-refractivity contribution in [2.24, 2.45) is 0 Å². The monoisotopic (exact) mass is 361 g/mol. The van der Waals surface area contributed by atoms with E-state index >= 15 is 0 Å². The molecule has 1 atom stereocenters. The fourth-order valence-electron chi connectivity index (χ4n) is 3.47. The first-order valence-corrected chi connectivity index (χ1v) is 9.23. The van der Waals surface area contributed by atoms with Crippen molar-refractivity contribution in [3.63, 3.8) is 0 Å². The van der Waals surface area contributed by atoms with Crippen molar-refractivity contribution in [3.05, 3.63) is 69.4 Å². The van der Waals surface area contributed by atoms with Crippen molar-refractivity contribution in [2.45, 2.75) is 13.2 Å². The van der Waals surface area contributed by atoms with Gasteiger partial charge in [-0.25, -0.2) is 0 Å². The van der Waals surface area contributed by atoms with Gasteiger partial charge >= 0.3 is 0 Å². The number of benzene rings is 2. The molecule has 0 saturated carbocycles. The van der Waals surface area contributed by atoms with Crippen LogP contribution in [0.5, 0.6) is 5.75 Å². The first-order chi connectivity index (χ1) is 12.1. The summed E-state index contributed by atoms with van der Waals surface area (Å²) in [6.45, 7) is 2.07. The number of ether oxygens (including phenoxy) is 1. The Kier molecular flexibility index (Phi) is 3.28. The lowest BCUT2D eigenvalue weighted by Crippen LogP contribution is -2.21. The molecule has 0 bridgehead atoms. The van der Waals surface area contributed by atoms with E-state index in [4.69, 9.17) is 24.2 Å². The molecule has 0 N–H and O–H groups in total. The van der Waals surface area contributed by atoms with E-state index in [1.54, 1.807) is 11.3 Å². The topological polar surface area (TPSA) is 14.2 Å². The SMILES string of the molecule is [B]c1ccc2c(c1)cc1n2C(c2ccc(Cl)s2)Oc2cc(C)ccc2-1. The van der Waals surface area contributed by atoms with Crippen molar-refractivity contribution in [3.8, 4) is 17.0 Å². The number of halogens is 1. The van der Waals surface area contributed by atoms with Crippen molar-refractivity contribution in [1.82, 2.24) is 4.57 Å². The lowest BCUT2D eigenvalue weighted by molar-refractivity contribution is 0.177. The highest BCUT2D eigenvalue weighted by molar-refractivity contribution is 7.16. The molecular formula is C20H13BClNOS. The molecule has 5 rings (SSSR count). The van der Waals surface area contributed by atoms with E-state index in [0.717, 1.165) is 42.6 Å². The van der Waals surface area contributed by atoms with Gasteiger partial charge in [0, 0.05) is 5.56 Å². The summed E-state index contributed by atoms with van der Waals surface area (Å²) in [7, 11) is 5.99. The molecular weight excluding hydrogens is 349 g/mol. The van der Waals surface area contributed by atoms with Gasteiger partial charge in [0.25, 0.3) is 0 Å². The summed E-state index contributed by atoms with van der Waals surface area (Å²) < 4.78 is 9.41. The Labute approximate surface area is 156 Å². The van der Waals surface area contributed by atoms with Crippen LogP contribution in [0.3, 0.4) is 0 Å². The summed E-state index contributed by atoms with van der Waals surface area (Å²) >= 11 is 7.73. The minimum atomic E-state index is -0.233. The molecule has 2 aromatic carbocycles. The predicted molar refractivity (Wildman–Crippen MR) is 106 cm³/mol. The molecule has 5 heteroatoms. The fourth-order valence-corrected chi connectivity index (χ4v) is 4.55. The molecule has 1 aliphatic rings. The average Bonchev–Trinajstić information content (AvgIpc) is 3.17. The van der Waals surface area contributed by atoms with Crippen molar-refractivity contribution in [1.29, 1.82) is 0 Å². The minimum absolute atomic E-state index is 0.233. The smallest absolute Gasteiger partial charge is 0.212 e. The number of fused-ring (bicyclic) bond motifs is 5. The van der Waals surface area contributed by atoms with Gasteiger partial charge in [0.05, 0.1) is 20.4 Å². The molecule has 2 radical (unpaired) electrons. The van der Waals surface area contributed by atoms with Gasteiger partial charge in [0.1, 0.15) is 13.6 Å². The summed E-state index contributed by atoms with van der Waals surface area (Å²) in [6, 6.07) is 18.4. The van der Waals surface area contributed by atoms with E-state index in [1.807, 2.05) is 24.3 Å². The van der Waals surface area contributed by atoms with Crippen LogP contribution in [0.15, 0.2) is 54.6 Å². The Morgan fingerprint density at radius 3 is 2.76 bits per heavy atom. The van der Waals surface area contributed by atoms with Gasteiger partial charge in [0.2, 0.25) is 6.23 Å². The molecule has 0 amide bonds. The molecule has 120 valence electrons. The predicted octanol–water partition coefficient (Wildman–Crippen LogP) is 5.06. The molecule has 25 heavy (non-hydrogen) atoms. The van der Waals surface area contributed by atoms with E-state index in [9.17, 15) is 0 Å². The number of aromatic nitrogens is 1. The average molecular weight is 362 g/mol. The van der Waals surface area contributed by atoms with Crippen LogP contribution >= 0.6 is 22.9 Å². The van der Waals surface area contributed by atoms with Crippen molar-refractivity contribution >= 4 is 47.1 Å². The van der Waals surface area contributed by atoms with Crippen molar-refractivity contribution in [2.75, 3.05) is 0 Å². The largest absolute Gasteiger partial charge is 0.464 e. The van der Waals surface area contributed by atoms with Gasteiger partial charge in [-0.1, -0.05) is 35.3 Å². The zero-order valence-electron chi connectivity index (χ0n) is 13.5.